The van der Waals surface area contributed by atoms with Gasteiger partial charge in [-0.1, -0.05) is 18.5 Å². The van der Waals surface area contributed by atoms with E-state index < -0.39 is 0 Å². The zero-order valence-corrected chi connectivity index (χ0v) is 14.0. The van der Waals surface area contributed by atoms with Crippen LogP contribution in [0.3, 0.4) is 0 Å². The van der Waals surface area contributed by atoms with E-state index in [0.717, 1.165) is 45.0 Å². The minimum Gasteiger partial charge on any atom is -0.323 e. The van der Waals surface area contributed by atoms with Gasteiger partial charge in [-0.2, -0.15) is 5.10 Å². The van der Waals surface area contributed by atoms with Crippen molar-refractivity contribution in [1.29, 1.82) is 0 Å². The van der Waals surface area contributed by atoms with Gasteiger partial charge in [-0.15, -0.1) is 11.3 Å². The molecule has 1 atom stereocenters. The fourth-order valence-corrected chi connectivity index (χ4v) is 3.68. The van der Waals surface area contributed by atoms with Crippen LogP contribution in [-0.4, -0.2) is 14.8 Å². The minimum atomic E-state index is -0.0783. The van der Waals surface area contributed by atoms with Crippen molar-refractivity contribution in [2.75, 3.05) is 0 Å². The summed E-state index contributed by atoms with van der Waals surface area (Å²) in [5, 5.41) is 6.36. The molecule has 110 valence electrons. The molecule has 0 fully saturated rings. The summed E-state index contributed by atoms with van der Waals surface area (Å²) in [5.41, 5.74) is 9.36. The number of halogens is 1. The van der Waals surface area contributed by atoms with E-state index in [1.165, 1.54) is 0 Å². The Bertz CT molecular complexity index is 603. The standard InChI is InChI=1S/C14H21ClN4S/c1-5-11-13(15)12(19(6-2)18-11)7-10(16)14-8(3)17-9(4)20-14/h10H,5-7,16H2,1-4H3. The molecule has 0 spiro atoms. The van der Waals surface area contributed by atoms with Gasteiger partial charge in [-0.05, 0) is 27.2 Å². The van der Waals surface area contributed by atoms with Crippen LogP contribution in [0, 0.1) is 13.8 Å². The van der Waals surface area contributed by atoms with Crippen molar-refractivity contribution in [1.82, 2.24) is 14.8 Å². The van der Waals surface area contributed by atoms with Gasteiger partial charge in [0.25, 0.3) is 0 Å². The van der Waals surface area contributed by atoms with E-state index in [4.69, 9.17) is 17.3 Å². The quantitative estimate of drug-likeness (QED) is 0.920. The minimum absolute atomic E-state index is 0.0783. The van der Waals surface area contributed by atoms with Gasteiger partial charge >= 0.3 is 0 Å². The van der Waals surface area contributed by atoms with E-state index in [9.17, 15) is 0 Å². The lowest BCUT2D eigenvalue weighted by Gasteiger charge is -2.12. The molecule has 2 N–H and O–H groups in total. The molecule has 2 aromatic heterocycles. The highest BCUT2D eigenvalue weighted by Crippen LogP contribution is 2.29. The number of aromatic nitrogens is 3. The van der Waals surface area contributed by atoms with Gasteiger partial charge in [0.1, 0.15) is 0 Å². The van der Waals surface area contributed by atoms with Crippen molar-refractivity contribution < 1.29 is 0 Å². The third-order valence-corrected chi connectivity index (χ3v) is 5.02. The summed E-state index contributed by atoms with van der Waals surface area (Å²) in [6.07, 6.45) is 1.54. The number of nitrogens with zero attached hydrogens (tertiary/aromatic N) is 3. The molecule has 20 heavy (non-hydrogen) atoms. The molecular formula is C14H21ClN4S. The molecule has 2 aromatic rings. The zero-order valence-electron chi connectivity index (χ0n) is 12.4. The van der Waals surface area contributed by atoms with Crippen LogP contribution in [0.15, 0.2) is 0 Å². The van der Waals surface area contributed by atoms with Gasteiger partial charge in [0.15, 0.2) is 0 Å². The van der Waals surface area contributed by atoms with Crippen molar-refractivity contribution >= 4 is 22.9 Å². The Balaban J connectivity index is 2.29. The summed E-state index contributed by atoms with van der Waals surface area (Å²) in [6.45, 7) is 8.96. The van der Waals surface area contributed by atoms with E-state index in [-0.39, 0.29) is 6.04 Å². The molecule has 4 nitrogen and oxygen atoms in total. The molecule has 0 radical (unpaired) electrons. The number of rotatable bonds is 5. The van der Waals surface area contributed by atoms with Crippen molar-refractivity contribution in [2.45, 2.75) is 53.1 Å². The Morgan fingerprint density at radius 1 is 1.35 bits per heavy atom. The molecule has 6 heteroatoms. The lowest BCUT2D eigenvalue weighted by atomic mass is 10.1. The summed E-state index contributed by atoms with van der Waals surface area (Å²) < 4.78 is 1.96. The number of thiazole rings is 1. The third-order valence-electron chi connectivity index (χ3n) is 3.38. The van der Waals surface area contributed by atoms with Crippen LogP contribution in [0.25, 0.3) is 0 Å². The van der Waals surface area contributed by atoms with Gasteiger partial charge < -0.3 is 5.73 Å². The molecule has 0 aromatic carbocycles. The van der Waals surface area contributed by atoms with E-state index in [0.29, 0.717) is 6.42 Å². The topological polar surface area (TPSA) is 56.7 Å². The van der Waals surface area contributed by atoms with Crippen LogP contribution >= 0.6 is 22.9 Å². The fraction of sp³-hybridized carbons (Fsp3) is 0.571. The Labute approximate surface area is 129 Å². The summed E-state index contributed by atoms with van der Waals surface area (Å²) in [4.78, 5) is 5.58. The molecule has 0 amide bonds. The smallest absolute Gasteiger partial charge is 0.0900 e. The first-order chi connectivity index (χ1) is 9.47. The second-order valence-corrected chi connectivity index (χ2v) is 6.48. The maximum atomic E-state index is 6.43. The Kier molecular flexibility index (Phi) is 4.83. The first-order valence-corrected chi connectivity index (χ1v) is 8.10. The highest BCUT2D eigenvalue weighted by Gasteiger charge is 2.20. The monoisotopic (exact) mass is 312 g/mol. The van der Waals surface area contributed by atoms with Crippen molar-refractivity contribution in [3.8, 4) is 0 Å². The van der Waals surface area contributed by atoms with Crippen LogP contribution in [0.1, 0.15) is 46.9 Å². The van der Waals surface area contributed by atoms with E-state index >= 15 is 0 Å². The number of nitrogens with two attached hydrogens (primary N) is 1. The Morgan fingerprint density at radius 2 is 2.05 bits per heavy atom. The Hall–Kier alpha value is -0.910. The maximum absolute atomic E-state index is 6.43. The highest BCUT2D eigenvalue weighted by atomic mass is 35.5. The number of aryl methyl sites for hydroxylation is 4. The highest BCUT2D eigenvalue weighted by molar-refractivity contribution is 7.11. The molecular weight excluding hydrogens is 292 g/mol. The molecule has 0 aliphatic rings. The number of hydrogen-bond acceptors (Lipinski definition) is 4. The molecule has 0 bridgehead atoms. The normalized spacial score (nSPS) is 12.9. The van der Waals surface area contributed by atoms with Crippen LogP contribution in [0.5, 0.6) is 0 Å². The average molecular weight is 313 g/mol. The summed E-state index contributed by atoms with van der Waals surface area (Å²) >= 11 is 8.10. The van der Waals surface area contributed by atoms with E-state index in [2.05, 4.69) is 23.9 Å². The van der Waals surface area contributed by atoms with Crippen LogP contribution < -0.4 is 5.73 Å². The van der Waals surface area contributed by atoms with Gasteiger partial charge in [0, 0.05) is 23.9 Å². The van der Waals surface area contributed by atoms with Crippen LogP contribution in [-0.2, 0) is 19.4 Å². The molecule has 2 heterocycles. The lowest BCUT2D eigenvalue weighted by molar-refractivity contribution is 0.587. The fourth-order valence-electron chi connectivity index (χ4n) is 2.40. The van der Waals surface area contributed by atoms with Crippen LogP contribution in [0.2, 0.25) is 5.02 Å². The molecule has 0 saturated carbocycles. The Morgan fingerprint density at radius 3 is 2.55 bits per heavy atom. The summed E-state index contributed by atoms with van der Waals surface area (Å²) in [7, 11) is 0. The first-order valence-electron chi connectivity index (χ1n) is 6.91. The van der Waals surface area contributed by atoms with Gasteiger partial charge in [-0.25, -0.2) is 4.98 Å². The van der Waals surface area contributed by atoms with Gasteiger partial charge in [0.05, 0.1) is 27.1 Å². The molecule has 1 unspecified atom stereocenters. The first kappa shape index (κ1) is 15.5. The van der Waals surface area contributed by atoms with E-state index in [1.807, 2.05) is 18.5 Å². The maximum Gasteiger partial charge on any atom is 0.0900 e. The third kappa shape index (κ3) is 2.90. The summed E-state index contributed by atoms with van der Waals surface area (Å²) in [6, 6.07) is -0.0783. The van der Waals surface area contributed by atoms with E-state index in [1.54, 1.807) is 11.3 Å². The van der Waals surface area contributed by atoms with Crippen molar-refractivity contribution in [3.05, 3.63) is 32.0 Å². The molecule has 0 aliphatic heterocycles. The molecule has 2 rings (SSSR count). The number of hydrogen-bond donors (Lipinski definition) is 1. The van der Waals surface area contributed by atoms with Gasteiger partial charge in [0.2, 0.25) is 0 Å². The predicted molar refractivity (Wildman–Crippen MR) is 84.5 cm³/mol. The average Bonchev–Trinajstić information content (AvgIpc) is 2.90. The molecule has 0 aliphatic carbocycles. The zero-order chi connectivity index (χ0) is 14.9. The second-order valence-electron chi connectivity index (χ2n) is 4.87. The van der Waals surface area contributed by atoms with Crippen molar-refractivity contribution in [3.63, 3.8) is 0 Å². The van der Waals surface area contributed by atoms with Crippen molar-refractivity contribution in [2.24, 2.45) is 5.73 Å². The lowest BCUT2D eigenvalue weighted by Crippen LogP contribution is -2.16. The molecule has 0 saturated heterocycles. The van der Waals surface area contributed by atoms with Crippen LogP contribution in [0.4, 0.5) is 0 Å². The van der Waals surface area contributed by atoms with Gasteiger partial charge in [-0.3, -0.25) is 4.68 Å². The second kappa shape index (κ2) is 6.24. The SMILES string of the molecule is CCc1nn(CC)c(CC(N)c2sc(C)nc2C)c1Cl. The summed E-state index contributed by atoms with van der Waals surface area (Å²) in [5.74, 6) is 0. The largest absolute Gasteiger partial charge is 0.323 e. The predicted octanol–water partition coefficient (Wildman–Crippen LogP) is 3.43.